The number of carboxylic acid groups (broad SMARTS) is 1. The van der Waals surface area contributed by atoms with Crippen molar-refractivity contribution < 1.29 is 9.90 Å². The van der Waals surface area contributed by atoms with E-state index in [9.17, 15) is 9.90 Å². The number of halogens is 1. The van der Waals surface area contributed by atoms with Gasteiger partial charge >= 0.3 is 5.97 Å². The Balaban J connectivity index is 2.12. The smallest absolute Gasteiger partial charge is 0.326 e. The number of nitrogens with one attached hydrogen (secondary N) is 1. The van der Waals surface area contributed by atoms with E-state index in [1.807, 2.05) is 12.1 Å². The number of para-hydroxylation sites is 1. The van der Waals surface area contributed by atoms with Gasteiger partial charge in [-0.3, -0.25) is 0 Å². The molecule has 0 amide bonds. The van der Waals surface area contributed by atoms with Crippen LogP contribution in [0.25, 0.3) is 0 Å². The molecule has 88 valence electrons. The molecule has 0 aromatic heterocycles. The first-order valence-corrected chi connectivity index (χ1v) is 6.71. The fourth-order valence-electron chi connectivity index (χ4n) is 2.83. The van der Waals surface area contributed by atoms with Crippen LogP contribution in [0.1, 0.15) is 17.9 Å². The van der Waals surface area contributed by atoms with Crippen molar-refractivity contribution in [1.29, 1.82) is 0 Å². The van der Waals surface area contributed by atoms with E-state index in [0.29, 0.717) is 0 Å². The lowest BCUT2D eigenvalue weighted by molar-refractivity contribution is -0.139. The normalized spacial score (nSPS) is 29.4. The molecule has 1 aromatic carbocycles. The predicted molar refractivity (Wildman–Crippen MR) is 74.2 cm³/mol. The zero-order valence-corrected chi connectivity index (χ0v) is 11.2. The lowest BCUT2D eigenvalue weighted by Crippen LogP contribution is -2.42. The highest BCUT2D eigenvalue weighted by Crippen LogP contribution is 2.45. The first-order valence-electron chi connectivity index (χ1n) is 5.63. The van der Waals surface area contributed by atoms with Gasteiger partial charge < -0.3 is 10.4 Å². The molecular weight excluding hydrogens is 329 g/mol. The Bertz CT molecular complexity index is 512. The number of carbonyl (C=O) groups is 1. The number of hydrogen-bond donors (Lipinski definition) is 2. The molecule has 0 bridgehead atoms. The summed E-state index contributed by atoms with van der Waals surface area (Å²) in [5, 5.41) is 12.5. The van der Waals surface area contributed by atoms with Crippen LogP contribution in [0.5, 0.6) is 0 Å². The average Bonchev–Trinajstić information content (AvgIpc) is 2.77. The predicted octanol–water partition coefficient (Wildman–Crippen LogP) is 2.83. The van der Waals surface area contributed by atoms with Gasteiger partial charge in [-0.1, -0.05) is 24.3 Å². The highest BCUT2D eigenvalue weighted by atomic mass is 127. The van der Waals surface area contributed by atoms with Crippen molar-refractivity contribution in [3.63, 3.8) is 0 Å². The van der Waals surface area contributed by atoms with Gasteiger partial charge in [-0.05, 0) is 40.6 Å². The number of carboxylic acids is 1. The molecule has 1 aromatic rings. The van der Waals surface area contributed by atoms with E-state index in [1.165, 1.54) is 5.56 Å². The van der Waals surface area contributed by atoms with Crippen molar-refractivity contribution in [3.8, 4) is 0 Å². The third-order valence-electron chi connectivity index (χ3n) is 3.61. The highest BCUT2D eigenvalue weighted by Gasteiger charge is 2.41. The van der Waals surface area contributed by atoms with Crippen molar-refractivity contribution in [2.45, 2.75) is 18.4 Å². The maximum atomic E-state index is 11.3. The van der Waals surface area contributed by atoms with Crippen molar-refractivity contribution in [2.24, 2.45) is 5.92 Å². The summed E-state index contributed by atoms with van der Waals surface area (Å²) in [5.41, 5.74) is 2.22. The Morgan fingerprint density at radius 2 is 2.29 bits per heavy atom. The summed E-state index contributed by atoms with van der Waals surface area (Å²) in [4.78, 5) is 11.3. The van der Waals surface area contributed by atoms with E-state index in [2.05, 4.69) is 46.1 Å². The molecule has 0 saturated carbocycles. The molecule has 0 spiro atoms. The molecule has 3 atom stereocenters. The number of hydrogen-bond acceptors (Lipinski definition) is 2. The van der Waals surface area contributed by atoms with Crippen molar-refractivity contribution in [3.05, 3.63) is 39.5 Å². The maximum absolute atomic E-state index is 11.3. The topological polar surface area (TPSA) is 49.3 Å². The van der Waals surface area contributed by atoms with Gasteiger partial charge in [0.05, 0.1) is 5.69 Å². The van der Waals surface area contributed by atoms with Crippen LogP contribution in [0.2, 0.25) is 0 Å². The standard InChI is InChI=1S/C13H12INO2/c14-10-6-2-5-8-7-3-1-4-9(7)12(13(16)17)15-11(8)10/h1-3,5-7,9,12,15H,4H2,(H,16,17)/t7-,9+,12+/m0/s1. The number of anilines is 1. The molecule has 4 heteroatoms. The van der Waals surface area contributed by atoms with E-state index in [4.69, 9.17) is 0 Å². The summed E-state index contributed by atoms with van der Waals surface area (Å²) in [7, 11) is 0. The van der Waals surface area contributed by atoms with Gasteiger partial charge in [0.1, 0.15) is 6.04 Å². The Labute approximate surface area is 113 Å². The first-order chi connectivity index (χ1) is 8.18. The number of fused-ring (bicyclic) bond motifs is 3. The lowest BCUT2D eigenvalue weighted by atomic mass is 9.79. The van der Waals surface area contributed by atoms with Crippen LogP contribution < -0.4 is 5.32 Å². The van der Waals surface area contributed by atoms with Crippen LogP contribution in [0.3, 0.4) is 0 Å². The largest absolute Gasteiger partial charge is 0.480 e. The van der Waals surface area contributed by atoms with E-state index < -0.39 is 12.0 Å². The number of rotatable bonds is 1. The third-order valence-corrected chi connectivity index (χ3v) is 4.51. The van der Waals surface area contributed by atoms with Crippen LogP contribution >= 0.6 is 22.6 Å². The van der Waals surface area contributed by atoms with Crippen LogP contribution in [-0.4, -0.2) is 17.1 Å². The summed E-state index contributed by atoms with van der Waals surface area (Å²) in [6.07, 6.45) is 5.10. The van der Waals surface area contributed by atoms with Crippen molar-refractivity contribution in [2.75, 3.05) is 5.32 Å². The Hall–Kier alpha value is -1.04. The molecule has 3 rings (SSSR count). The minimum atomic E-state index is -0.756. The summed E-state index contributed by atoms with van der Waals surface area (Å²) < 4.78 is 1.09. The monoisotopic (exact) mass is 341 g/mol. The lowest BCUT2D eigenvalue weighted by Gasteiger charge is -2.35. The van der Waals surface area contributed by atoms with Crippen molar-refractivity contribution >= 4 is 34.2 Å². The summed E-state index contributed by atoms with van der Waals surface area (Å²) in [6, 6.07) is 5.66. The molecule has 17 heavy (non-hydrogen) atoms. The zero-order chi connectivity index (χ0) is 12.0. The number of allylic oxidation sites excluding steroid dienone is 2. The first kappa shape index (κ1) is 11.1. The van der Waals surface area contributed by atoms with E-state index in [0.717, 1.165) is 15.7 Å². The minimum absolute atomic E-state index is 0.151. The third kappa shape index (κ3) is 1.66. The highest BCUT2D eigenvalue weighted by molar-refractivity contribution is 14.1. The van der Waals surface area contributed by atoms with Crippen LogP contribution in [-0.2, 0) is 4.79 Å². The number of aliphatic carboxylic acids is 1. The van der Waals surface area contributed by atoms with E-state index >= 15 is 0 Å². The SMILES string of the molecule is O=C(O)[C@@H]1Nc2c(I)cccc2[C@@H]2C=CC[C@@H]12. The summed E-state index contributed by atoms with van der Waals surface area (Å²) in [6.45, 7) is 0. The molecule has 1 aliphatic carbocycles. The van der Waals surface area contributed by atoms with Gasteiger partial charge in [0, 0.05) is 15.4 Å². The fraction of sp³-hybridized carbons (Fsp3) is 0.308. The average molecular weight is 341 g/mol. The molecule has 3 nitrogen and oxygen atoms in total. The second-order valence-electron chi connectivity index (χ2n) is 4.52. The van der Waals surface area contributed by atoms with E-state index in [-0.39, 0.29) is 11.8 Å². The van der Waals surface area contributed by atoms with Gasteiger partial charge in [-0.25, -0.2) is 4.79 Å². The van der Waals surface area contributed by atoms with Crippen molar-refractivity contribution in [1.82, 2.24) is 0 Å². The van der Waals surface area contributed by atoms with Gasteiger partial charge in [0.25, 0.3) is 0 Å². The Morgan fingerprint density at radius 1 is 1.47 bits per heavy atom. The summed E-state index contributed by atoms with van der Waals surface area (Å²) >= 11 is 2.25. The Kier molecular flexibility index (Phi) is 2.61. The van der Waals surface area contributed by atoms with Crippen LogP contribution in [0.4, 0.5) is 5.69 Å². The van der Waals surface area contributed by atoms with Crippen LogP contribution in [0, 0.1) is 9.49 Å². The minimum Gasteiger partial charge on any atom is -0.480 e. The quantitative estimate of drug-likeness (QED) is 0.610. The maximum Gasteiger partial charge on any atom is 0.326 e. The van der Waals surface area contributed by atoms with Gasteiger partial charge in [-0.2, -0.15) is 0 Å². The zero-order valence-electron chi connectivity index (χ0n) is 9.06. The van der Waals surface area contributed by atoms with Gasteiger partial charge in [0.2, 0.25) is 0 Å². The molecule has 2 aliphatic rings. The van der Waals surface area contributed by atoms with Gasteiger partial charge in [-0.15, -0.1) is 0 Å². The molecule has 0 unspecified atom stereocenters. The molecular formula is C13H12INO2. The second-order valence-corrected chi connectivity index (χ2v) is 5.68. The van der Waals surface area contributed by atoms with Crippen LogP contribution in [0.15, 0.2) is 30.4 Å². The molecule has 1 heterocycles. The molecule has 1 aliphatic heterocycles. The molecule has 0 fully saturated rings. The second kappa shape index (κ2) is 4.01. The Morgan fingerprint density at radius 3 is 3.06 bits per heavy atom. The molecule has 0 saturated heterocycles. The molecule has 0 radical (unpaired) electrons. The van der Waals surface area contributed by atoms with E-state index in [1.54, 1.807) is 0 Å². The number of benzene rings is 1. The fourth-order valence-corrected chi connectivity index (χ4v) is 3.50. The van der Waals surface area contributed by atoms with Gasteiger partial charge in [0.15, 0.2) is 0 Å². The molecule has 2 N–H and O–H groups in total. The summed E-state index contributed by atoms with van der Waals surface area (Å²) in [5.74, 6) is -0.353.